The van der Waals surface area contributed by atoms with Crippen LogP contribution in [0.2, 0.25) is 0 Å². The standard InChI is InChI=1S/C8H16.C5H10.C3HF6O4S2.2CH3.Fe/c1-7(2)8-5-3-4-6-8;1-2-4-5-3-1;4-2(5,6)14(10,11)1-15(12,13)3(7,8)9;;;/h7-8H,3-6H2,1-2H3;1-5H2;1H;2*1H3;/q;;3*-1;+3. The summed E-state index contributed by atoms with van der Waals surface area (Å²) >= 11 is 0. The van der Waals surface area contributed by atoms with Crippen molar-refractivity contribution in [3.8, 4) is 0 Å². The zero-order valence-corrected chi connectivity index (χ0v) is 20.9. The van der Waals surface area contributed by atoms with Gasteiger partial charge < -0.3 is 14.9 Å². The molecule has 0 aromatic heterocycles. The summed E-state index contributed by atoms with van der Waals surface area (Å²) < 4.78 is 109. The molecule has 0 heterocycles. The van der Waals surface area contributed by atoms with E-state index < -0.39 is 35.8 Å². The fraction of sp³-hybridized carbons (Fsp3) is 0.833. The molecule has 0 saturated heterocycles. The maximum Gasteiger partial charge on any atom is 3.00 e. The van der Waals surface area contributed by atoms with Crippen molar-refractivity contribution in [2.75, 3.05) is 0 Å². The Balaban J connectivity index is -0.000000191. The molecule has 191 valence electrons. The fourth-order valence-corrected chi connectivity index (χ4v) is 4.99. The number of halogens is 6. The van der Waals surface area contributed by atoms with Crippen molar-refractivity contribution < 1.29 is 60.2 Å². The zero-order valence-electron chi connectivity index (χ0n) is 18.2. The molecule has 0 aliphatic heterocycles. The minimum atomic E-state index is -6.47. The van der Waals surface area contributed by atoms with Crippen LogP contribution in [-0.2, 0) is 36.7 Å². The second-order valence-corrected chi connectivity index (χ2v) is 11.0. The molecule has 0 atom stereocenters. The van der Waals surface area contributed by atoms with Crippen molar-refractivity contribution in [3.63, 3.8) is 0 Å². The largest absolute Gasteiger partial charge is 3.00 e. The van der Waals surface area contributed by atoms with E-state index in [2.05, 4.69) is 13.8 Å². The smallest absolute Gasteiger partial charge is 0.358 e. The number of hydrogen-bond acceptors (Lipinski definition) is 4. The van der Waals surface area contributed by atoms with Crippen LogP contribution < -0.4 is 0 Å². The van der Waals surface area contributed by atoms with Crippen molar-refractivity contribution >= 4 is 19.7 Å². The molecular weight excluding hydrogens is 514 g/mol. The van der Waals surface area contributed by atoms with Crippen molar-refractivity contribution in [2.24, 2.45) is 11.8 Å². The average molecular weight is 547 g/mol. The molecule has 2 rings (SSSR count). The number of alkyl halides is 6. The Hall–Kier alpha value is -0.000519. The third-order valence-corrected chi connectivity index (χ3v) is 7.81. The van der Waals surface area contributed by atoms with Gasteiger partial charge in [0.2, 0.25) is 0 Å². The normalized spacial score (nSPS) is 17.2. The number of rotatable bonds is 3. The summed E-state index contributed by atoms with van der Waals surface area (Å²) in [5, 5.41) is -1.76. The van der Waals surface area contributed by atoms with Crippen molar-refractivity contribution in [3.05, 3.63) is 19.9 Å². The van der Waals surface area contributed by atoms with E-state index in [0.29, 0.717) is 0 Å². The fourth-order valence-electron chi connectivity index (χ4n) is 2.78. The van der Waals surface area contributed by atoms with Crippen LogP contribution in [0.15, 0.2) is 0 Å². The molecular formula is C18H33F6FeO4S2. The predicted octanol–water partition coefficient (Wildman–Crippen LogP) is 6.66. The van der Waals surface area contributed by atoms with Crippen molar-refractivity contribution in [1.82, 2.24) is 0 Å². The molecule has 0 spiro atoms. The number of hydrogen-bond donors (Lipinski definition) is 0. The Morgan fingerprint density at radius 1 is 0.677 bits per heavy atom. The summed E-state index contributed by atoms with van der Waals surface area (Å²) in [6.07, 6.45) is 13.5. The van der Waals surface area contributed by atoms with Crippen LogP contribution in [-0.4, -0.2) is 27.9 Å². The molecule has 0 unspecified atom stereocenters. The maximum absolute atomic E-state index is 11.5. The molecule has 0 amide bonds. The summed E-state index contributed by atoms with van der Waals surface area (Å²) in [5.41, 5.74) is -12.2. The monoisotopic (exact) mass is 547 g/mol. The van der Waals surface area contributed by atoms with E-state index in [1.807, 2.05) is 0 Å². The van der Waals surface area contributed by atoms with Gasteiger partial charge in [0.15, 0.2) is 0 Å². The van der Waals surface area contributed by atoms with Crippen LogP contribution in [0.3, 0.4) is 0 Å². The Morgan fingerprint density at radius 2 is 0.935 bits per heavy atom. The van der Waals surface area contributed by atoms with Crippen LogP contribution in [0, 0.1) is 31.8 Å². The Morgan fingerprint density at radius 3 is 1.10 bits per heavy atom. The quantitative estimate of drug-likeness (QED) is 0.225. The van der Waals surface area contributed by atoms with E-state index in [4.69, 9.17) is 0 Å². The van der Waals surface area contributed by atoms with Gasteiger partial charge in [-0.1, -0.05) is 76.7 Å². The second-order valence-electron chi connectivity index (χ2n) is 7.13. The summed E-state index contributed by atoms with van der Waals surface area (Å²) in [6.45, 7) is 4.69. The van der Waals surface area contributed by atoms with Gasteiger partial charge in [0.1, 0.15) is 19.7 Å². The molecule has 31 heavy (non-hydrogen) atoms. The zero-order chi connectivity index (χ0) is 22.2. The van der Waals surface area contributed by atoms with Gasteiger partial charge in [0, 0.05) is 0 Å². The van der Waals surface area contributed by atoms with Crippen LogP contribution in [0.25, 0.3) is 0 Å². The molecule has 2 fully saturated rings. The molecule has 1 radical (unpaired) electrons. The third kappa shape index (κ3) is 14.7. The Kier molecular flexibility index (Phi) is 19.5. The molecule has 0 bridgehead atoms. The summed E-state index contributed by atoms with van der Waals surface area (Å²) in [7, 11) is -12.9. The van der Waals surface area contributed by atoms with Gasteiger partial charge in [0.25, 0.3) is 0 Å². The number of sulfone groups is 2. The molecule has 4 nitrogen and oxygen atoms in total. The molecule has 2 aliphatic carbocycles. The van der Waals surface area contributed by atoms with Crippen LogP contribution in [0.1, 0.15) is 71.6 Å². The van der Waals surface area contributed by atoms with Crippen LogP contribution in [0.5, 0.6) is 0 Å². The van der Waals surface area contributed by atoms with E-state index in [1.165, 1.54) is 57.8 Å². The van der Waals surface area contributed by atoms with Crippen molar-refractivity contribution in [1.29, 1.82) is 0 Å². The van der Waals surface area contributed by atoms with E-state index >= 15 is 0 Å². The van der Waals surface area contributed by atoms with Crippen molar-refractivity contribution in [2.45, 2.75) is 82.7 Å². The first-order chi connectivity index (χ1) is 12.5. The van der Waals surface area contributed by atoms with Gasteiger partial charge in [-0.05, 0) is 11.8 Å². The molecule has 0 N–H and O–H groups in total. The van der Waals surface area contributed by atoms with Gasteiger partial charge in [0.05, 0.1) is 0 Å². The average Bonchev–Trinajstić information content (AvgIpc) is 3.21. The van der Waals surface area contributed by atoms with Gasteiger partial charge in [-0.15, -0.1) is 0 Å². The van der Waals surface area contributed by atoms with E-state index in [1.54, 1.807) is 0 Å². The first-order valence-electron chi connectivity index (χ1n) is 8.98. The summed E-state index contributed by atoms with van der Waals surface area (Å²) in [5.74, 6) is 2.01. The minimum Gasteiger partial charge on any atom is -0.358 e. The SMILES string of the molecule is C1CCCC1.CC(C)C1CCCC1.O=S(=O)([CH-]S(=O)(=O)C(F)(F)F)C(F)(F)F.[CH3-].[CH3-].[Fe+3]. The Labute approximate surface area is 194 Å². The first-order valence-corrected chi connectivity index (χ1v) is 12.1. The molecule has 0 aromatic rings. The third-order valence-electron chi connectivity index (χ3n) is 4.49. The predicted molar refractivity (Wildman–Crippen MR) is 107 cm³/mol. The minimum absolute atomic E-state index is 0. The summed E-state index contributed by atoms with van der Waals surface area (Å²) in [6, 6.07) is 0. The molecule has 2 saturated carbocycles. The summed E-state index contributed by atoms with van der Waals surface area (Å²) in [4.78, 5) is 0. The molecule has 13 heteroatoms. The Bertz CT molecular complexity index is 600. The van der Waals surface area contributed by atoms with Gasteiger partial charge in [-0.25, -0.2) is 0 Å². The van der Waals surface area contributed by atoms with Gasteiger partial charge in [-0.2, -0.15) is 26.3 Å². The topological polar surface area (TPSA) is 68.3 Å². The van der Waals surface area contributed by atoms with Gasteiger partial charge in [-0.3, -0.25) is 16.8 Å². The van der Waals surface area contributed by atoms with E-state index in [0.717, 1.165) is 11.8 Å². The van der Waals surface area contributed by atoms with Gasteiger partial charge >= 0.3 is 28.1 Å². The maximum atomic E-state index is 11.5. The van der Waals surface area contributed by atoms with Crippen LogP contribution >= 0.6 is 0 Å². The first kappa shape index (κ1) is 38.3. The van der Waals surface area contributed by atoms with Crippen LogP contribution in [0.4, 0.5) is 26.3 Å². The van der Waals surface area contributed by atoms with E-state index in [9.17, 15) is 43.2 Å². The second kappa shape index (κ2) is 15.8. The van der Waals surface area contributed by atoms with E-state index in [-0.39, 0.29) is 31.9 Å². The molecule has 0 aromatic carbocycles. The molecule has 2 aliphatic rings.